The van der Waals surface area contributed by atoms with Crippen LogP contribution in [-0.4, -0.2) is 52.2 Å². The van der Waals surface area contributed by atoms with Crippen molar-refractivity contribution in [3.05, 3.63) is 0 Å². The zero-order valence-electron chi connectivity index (χ0n) is 12.3. The van der Waals surface area contributed by atoms with Gasteiger partial charge in [0.1, 0.15) is 11.4 Å². The van der Waals surface area contributed by atoms with Crippen molar-refractivity contribution in [3.63, 3.8) is 0 Å². The Balaban J connectivity index is 2.71. The number of amides is 2. The van der Waals surface area contributed by atoms with Crippen molar-refractivity contribution < 1.29 is 24.2 Å². The van der Waals surface area contributed by atoms with E-state index in [4.69, 9.17) is 9.84 Å². The van der Waals surface area contributed by atoms with Crippen molar-refractivity contribution in [2.24, 2.45) is 0 Å². The van der Waals surface area contributed by atoms with Crippen molar-refractivity contribution in [3.8, 4) is 0 Å². The Morgan fingerprint density at radius 3 is 2.45 bits per heavy atom. The van der Waals surface area contributed by atoms with Gasteiger partial charge in [0.15, 0.2) is 0 Å². The van der Waals surface area contributed by atoms with Gasteiger partial charge in [-0.15, -0.1) is 0 Å². The Hall–Kier alpha value is -1.79. The molecule has 1 aliphatic rings. The highest BCUT2D eigenvalue weighted by Gasteiger charge is 2.32. The molecule has 0 spiro atoms. The largest absolute Gasteiger partial charge is 0.465 e. The third kappa shape index (κ3) is 5.07. The van der Waals surface area contributed by atoms with E-state index in [0.717, 1.165) is 0 Å². The lowest BCUT2D eigenvalue weighted by molar-refractivity contribution is -0.119. The summed E-state index contributed by atoms with van der Waals surface area (Å²) >= 11 is 0. The Bertz CT molecular complexity index is 402. The molecule has 7 nitrogen and oxygen atoms in total. The van der Waals surface area contributed by atoms with E-state index in [2.05, 4.69) is 5.32 Å². The Kier molecular flexibility index (Phi) is 4.97. The number of carbonyl (C=O) groups excluding carboxylic acids is 2. The Labute approximate surface area is 118 Å². The van der Waals surface area contributed by atoms with Crippen LogP contribution in [0.15, 0.2) is 0 Å². The third-order valence-electron chi connectivity index (χ3n) is 2.91. The van der Waals surface area contributed by atoms with Crippen LogP contribution in [0.2, 0.25) is 0 Å². The van der Waals surface area contributed by atoms with Gasteiger partial charge in [0.2, 0.25) is 0 Å². The number of ketones is 1. The number of carbonyl (C=O) groups is 3. The monoisotopic (exact) mass is 286 g/mol. The molecule has 7 heteroatoms. The first-order valence-electron chi connectivity index (χ1n) is 6.59. The number of nitrogens with zero attached hydrogens (tertiary/aromatic N) is 1. The minimum absolute atomic E-state index is 0.0673. The average Bonchev–Trinajstić information content (AvgIpc) is 2.33. The maximum Gasteiger partial charge on any atom is 0.407 e. The summed E-state index contributed by atoms with van der Waals surface area (Å²) in [5.41, 5.74) is -0.640. The van der Waals surface area contributed by atoms with Gasteiger partial charge in [-0.1, -0.05) is 0 Å². The summed E-state index contributed by atoms with van der Waals surface area (Å²) in [6, 6.07) is -0.941. The molecule has 2 amide bonds. The van der Waals surface area contributed by atoms with Crippen molar-refractivity contribution in [1.82, 2.24) is 10.2 Å². The molecule has 1 rings (SSSR count). The second-order valence-electron chi connectivity index (χ2n) is 6.07. The molecular formula is C13H22N2O5. The van der Waals surface area contributed by atoms with Crippen molar-refractivity contribution in [2.75, 3.05) is 6.54 Å². The summed E-state index contributed by atoms with van der Waals surface area (Å²) in [5, 5.41) is 11.7. The molecule has 0 aromatic heterocycles. The summed E-state index contributed by atoms with van der Waals surface area (Å²) in [6.45, 7) is 6.96. The molecule has 0 bridgehead atoms. The Morgan fingerprint density at radius 1 is 1.35 bits per heavy atom. The molecule has 1 aliphatic heterocycles. The predicted molar refractivity (Wildman–Crippen MR) is 71.6 cm³/mol. The first-order valence-corrected chi connectivity index (χ1v) is 6.59. The lowest BCUT2D eigenvalue weighted by Gasteiger charge is -2.27. The number of hydrogen-bond acceptors (Lipinski definition) is 4. The van der Waals surface area contributed by atoms with Crippen molar-refractivity contribution >= 4 is 18.0 Å². The third-order valence-corrected chi connectivity index (χ3v) is 2.91. The molecule has 2 atom stereocenters. The van der Waals surface area contributed by atoms with Gasteiger partial charge in [0.25, 0.3) is 0 Å². The summed E-state index contributed by atoms with van der Waals surface area (Å²) in [4.78, 5) is 35.7. The molecule has 0 aliphatic carbocycles. The van der Waals surface area contributed by atoms with E-state index in [1.807, 2.05) is 0 Å². The molecule has 1 fully saturated rings. The number of carboxylic acid groups (broad SMARTS) is 1. The molecule has 0 unspecified atom stereocenters. The van der Waals surface area contributed by atoms with Crippen LogP contribution in [-0.2, 0) is 9.53 Å². The number of alkyl carbamates (subject to hydrolysis) is 1. The lowest BCUT2D eigenvalue weighted by Crippen LogP contribution is -2.47. The molecule has 0 radical (unpaired) electrons. The highest BCUT2D eigenvalue weighted by Crippen LogP contribution is 2.15. The van der Waals surface area contributed by atoms with E-state index in [0.29, 0.717) is 0 Å². The molecule has 114 valence electrons. The molecule has 0 aromatic carbocycles. The molecule has 2 N–H and O–H groups in total. The maximum absolute atomic E-state index is 11.7. The summed E-state index contributed by atoms with van der Waals surface area (Å²) < 4.78 is 5.11. The first-order chi connectivity index (χ1) is 9.08. The minimum atomic E-state index is -1.09. The van der Waals surface area contributed by atoms with Gasteiger partial charge in [-0.2, -0.15) is 0 Å². The van der Waals surface area contributed by atoms with Crippen LogP contribution in [0.4, 0.5) is 9.59 Å². The smallest absolute Gasteiger partial charge is 0.407 e. The molecule has 20 heavy (non-hydrogen) atoms. The number of hydrogen-bond donors (Lipinski definition) is 2. The van der Waals surface area contributed by atoms with Gasteiger partial charge >= 0.3 is 12.2 Å². The predicted octanol–water partition coefficient (Wildman–Crippen LogP) is 1.61. The van der Waals surface area contributed by atoms with E-state index in [9.17, 15) is 14.4 Å². The molecule has 0 saturated carbocycles. The van der Waals surface area contributed by atoms with Crippen LogP contribution < -0.4 is 5.32 Å². The maximum atomic E-state index is 11.7. The van der Waals surface area contributed by atoms with Crippen LogP contribution in [0.3, 0.4) is 0 Å². The number of likely N-dealkylation sites (tertiary alicyclic amines) is 1. The topological polar surface area (TPSA) is 95.9 Å². The summed E-state index contributed by atoms with van der Waals surface area (Å²) in [6.07, 6.45) is -1.45. The zero-order chi connectivity index (χ0) is 15.5. The van der Waals surface area contributed by atoms with Crippen LogP contribution in [0.5, 0.6) is 0 Å². The fourth-order valence-corrected chi connectivity index (χ4v) is 2.12. The van der Waals surface area contributed by atoms with Gasteiger partial charge in [0, 0.05) is 25.4 Å². The lowest BCUT2D eigenvalue weighted by atomic mass is 10.1. The minimum Gasteiger partial charge on any atom is -0.465 e. The van der Waals surface area contributed by atoms with E-state index in [1.54, 1.807) is 27.7 Å². The molecule has 1 saturated heterocycles. The number of ether oxygens (including phenoxy) is 1. The zero-order valence-corrected chi connectivity index (χ0v) is 12.3. The summed E-state index contributed by atoms with van der Waals surface area (Å²) in [5.74, 6) is -0.0673. The number of rotatable bonds is 1. The van der Waals surface area contributed by atoms with Crippen LogP contribution in [0.25, 0.3) is 0 Å². The van der Waals surface area contributed by atoms with Crippen LogP contribution in [0, 0.1) is 0 Å². The standard InChI is InChI=1S/C13H22N2O5/c1-8-5-10(16)6-9(7-15(8)12(18)19)14-11(17)20-13(2,3)4/h8-9H,5-7H2,1-4H3,(H,14,17)(H,18,19)/t8-,9-/m0/s1. The van der Waals surface area contributed by atoms with Gasteiger partial charge in [-0.05, 0) is 27.7 Å². The van der Waals surface area contributed by atoms with Crippen LogP contribution >= 0.6 is 0 Å². The van der Waals surface area contributed by atoms with E-state index in [-0.39, 0.29) is 31.2 Å². The first kappa shape index (κ1) is 16.3. The highest BCUT2D eigenvalue weighted by molar-refractivity contribution is 5.82. The normalized spacial score (nSPS) is 24.0. The number of nitrogens with one attached hydrogen (secondary N) is 1. The average molecular weight is 286 g/mol. The van der Waals surface area contributed by atoms with Crippen molar-refractivity contribution in [2.45, 2.75) is 58.2 Å². The van der Waals surface area contributed by atoms with Gasteiger partial charge in [-0.3, -0.25) is 4.79 Å². The fraction of sp³-hybridized carbons (Fsp3) is 0.769. The SMILES string of the molecule is C[C@H]1CC(=O)C[C@H](NC(=O)OC(C)(C)C)CN1C(=O)O. The van der Waals surface area contributed by atoms with Gasteiger partial charge in [0.05, 0.1) is 6.04 Å². The molecule has 1 heterocycles. The summed E-state index contributed by atoms with van der Waals surface area (Å²) in [7, 11) is 0. The second kappa shape index (κ2) is 6.11. The molecular weight excluding hydrogens is 264 g/mol. The van der Waals surface area contributed by atoms with Crippen LogP contribution in [0.1, 0.15) is 40.5 Å². The van der Waals surface area contributed by atoms with E-state index >= 15 is 0 Å². The molecule has 0 aromatic rings. The number of Topliss-reactive ketones (excluding diaryl/α,β-unsaturated/α-hetero) is 1. The van der Waals surface area contributed by atoms with Gasteiger partial charge in [-0.25, -0.2) is 9.59 Å². The highest BCUT2D eigenvalue weighted by atomic mass is 16.6. The van der Waals surface area contributed by atoms with E-state index in [1.165, 1.54) is 4.90 Å². The quantitative estimate of drug-likeness (QED) is 0.763. The fourth-order valence-electron chi connectivity index (χ4n) is 2.12. The Morgan fingerprint density at radius 2 is 1.95 bits per heavy atom. The second-order valence-corrected chi connectivity index (χ2v) is 6.07. The van der Waals surface area contributed by atoms with Gasteiger partial charge < -0.3 is 20.1 Å². The van der Waals surface area contributed by atoms with E-state index < -0.39 is 23.8 Å². The van der Waals surface area contributed by atoms with Crippen molar-refractivity contribution in [1.29, 1.82) is 0 Å².